The van der Waals surface area contributed by atoms with E-state index in [4.69, 9.17) is 4.74 Å². The molecular formula is C17H28N4O2. The van der Waals surface area contributed by atoms with E-state index in [-0.39, 0.29) is 11.8 Å². The minimum absolute atomic E-state index is 0.00232. The number of nitrogens with zero attached hydrogens (tertiary/aromatic N) is 1. The van der Waals surface area contributed by atoms with E-state index >= 15 is 0 Å². The first-order valence-electron chi connectivity index (χ1n) is 8.01. The Morgan fingerprint density at radius 1 is 1.17 bits per heavy atom. The molecule has 3 N–H and O–H groups in total. The number of hydrogen-bond donors (Lipinski definition) is 3. The Morgan fingerprint density at radius 3 is 2.52 bits per heavy atom. The van der Waals surface area contributed by atoms with Crippen molar-refractivity contribution in [3.8, 4) is 5.75 Å². The van der Waals surface area contributed by atoms with Crippen LogP contribution in [-0.4, -0.2) is 38.6 Å². The molecule has 23 heavy (non-hydrogen) atoms. The van der Waals surface area contributed by atoms with Crippen molar-refractivity contribution in [2.75, 3.05) is 26.7 Å². The van der Waals surface area contributed by atoms with Crippen LogP contribution in [0.25, 0.3) is 0 Å². The maximum Gasteiger partial charge on any atom is 0.222 e. The summed E-state index contributed by atoms with van der Waals surface area (Å²) in [6.07, 6.45) is 0. The summed E-state index contributed by atoms with van der Waals surface area (Å²) in [6.45, 7) is 8.15. The number of ether oxygens (including phenoxy) is 1. The third kappa shape index (κ3) is 7.04. The molecule has 128 valence electrons. The Labute approximate surface area is 138 Å². The van der Waals surface area contributed by atoms with Crippen LogP contribution in [0, 0.1) is 5.92 Å². The van der Waals surface area contributed by atoms with Gasteiger partial charge in [0.2, 0.25) is 5.91 Å². The zero-order valence-corrected chi connectivity index (χ0v) is 14.5. The minimum Gasteiger partial charge on any atom is -0.494 e. The first-order valence-corrected chi connectivity index (χ1v) is 8.01. The number of guanidine groups is 1. The Kier molecular flexibility index (Phi) is 8.57. The molecule has 0 bridgehead atoms. The lowest BCUT2D eigenvalue weighted by Crippen LogP contribution is -2.41. The third-order valence-electron chi connectivity index (χ3n) is 3.18. The van der Waals surface area contributed by atoms with E-state index in [0.717, 1.165) is 11.3 Å². The quantitative estimate of drug-likeness (QED) is 0.386. The molecule has 0 aliphatic carbocycles. The molecule has 6 heteroatoms. The summed E-state index contributed by atoms with van der Waals surface area (Å²) < 4.78 is 5.60. The molecule has 0 aliphatic rings. The molecule has 6 nitrogen and oxygen atoms in total. The summed E-state index contributed by atoms with van der Waals surface area (Å²) in [4.78, 5) is 15.6. The van der Waals surface area contributed by atoms with Gasteiger partial charge in [-0.15, -0.1) is 0 Å². The molecule has 1 aromatic carbocycles. The van der Waals surface area contributed by atoms with Crippen LogP contribution in [0.15, 0.2) is 29.3 Å². The number of nitrogens with one attached hydrogen (secondary N) is 3. The van der Waals surface area contributed by atoms with Gasteiger partial charge in [-0.1, -0.05) is 32.0 Å². The zero-order valence-electron chi connectivity index (χ0n) is 14.5. The lowest BCUT2D eigenvalue weighted by molar-refractivity contribution is -0.123. The van der Waals surface area contributed by atoms with Crippen LogP contribution in [0.2, 0.25) is 0 Å². The molecule has 0 fully saturated rings. The second-order valence-electron chi connectivity index (χ2n) is 5.34. The number of benzene rings is 1. The molecule has 0 radical (unpaired) electrons. The van der Waals surface area contributed by atoms with Crippen molar-refractivity contribution >= 4 is 11.9 Å². The van der Waals surface area contributed by atoms with Gasteiger partial charge in [0.1, 0.15) is 5.75 Å². The summed E-state index contributed by atoms with van der Waals surface area (Å²) in [5.74, 6) is 1.63. The highest BCUT2D eigenvalue weighted by Crippen LogP contribution is 2.17. The molecule has 0 unspecified atom stereocenters. The van der Waals surface area contributed by atoms with Gasteiger partial charge >= 0.3 is 0 Å². The van der Waals surface area contributed by atoms with Gasteiger partial charge in [-0.3, -0.25) is 9.79 Å². The molecular weight excluding hydrogens is 292 g/mol. The van der Waals surface area contributed by atoms with E-state index in [9.17, 15) is 4.79 Å². The largest absolute Gasteiger partial charge is 0.494 e. The normalized spacial score (nSPS) is 11.3. The maximum atomic E-state index is 11.5. The molecule has 1 rings (SSSR count). The van der Waals surface area contributed by atoms with Crippen LogP contribution in [-0.2, 0) is 11.3 Å². The fourth-order valence-electron chi connectivity index (χ4n) is 1.92. The summed E-state index contributed by atoms with van der Waals surface area (Å²) in [5.41, 5.74) is 1.07. The van der Waals surface area contributed by atoms with Crippen LogP contribution < -0.4 is 20.7 Å². The fourth-order valence-corrected chi connectivity index (χ4v) is 1.92. The minimum atomic E-state index is 0.00232. The number of rotatable bonds is 8. The van der Waals surface area contributed by atoms with E-state index in [1.807, 2.05) is 45.0 Å². The summed E-state index contributed by atoms with van der Waals surface area (Å²) in [6, 6.07) is 7.92. The molecule has 1 amide bonds. The number of aliphatic imine (C=N–C) groups is 1. The number of carbonyl (C=O) groups excluding carboxylic acids is 1. The SMILES string of the molecule is CCOc1ccccc1CNC(=NC)NCCNC(=O)C(C)C. The number of carbonyl (C=O) groups is 1. The Hall–Kier alpha value is -2.24. The van der Waals surface area contributed by atoms with E-state index in [1.54, 1.807) is 7.05 Å². The van der Waals surface area contributed by atoms with E-state index in [2.05, 4.69) is 20.9 Å². The van der Waals surface area contributed by atoms with Gasteiger partial charge in [-0.05, 0) is 13.0 Å². The van der Waals surface area contributed by atoms with Gasteiger partial charge in [0.15, 0.2) is 5.96 Å². The first kappa shape index (κ1) is 18.8. The molecule has 0 saturated carbocycles. The van der Waals surface area contributed by atoms with Crippen molar-refractivity contribution in [2.24, 2.45) is 10.9 Å². The van der Waals surface area contributed by atoms with Gasteiger partial charge in [-0.25, -0.2) is 0 Å². The van der Waals surface area contributed by atoms with Crippen molar-refractivity contribution in [1.82, 2.24) is 16.0 Å². The fraction of sp³-hybridized carbons (Fsp3) is 0.529. The topological polar surface area (TPSA) is 74.8 Å². The van der Waals surface area contributed by atoms with Crippen molar-refractivity contribution in [3.05, 3.63) is 29.8 Å². The average molecular weight is 320 g/mol. The zero-order chi connectivity index (χ0) is 17.1. The molecule has 0 aliphatic heterocycles. The lowest BCUT2D eigenvalue weighted by Gasteiger charge is -2.15. The predicted octanol–water partition coefficient (Wildman–Crippen LogP) is 1.52. The monoisotopic (exact) mass is 320 g/mol. The van der Waals surface area contributed by atoms with Crippen molar-refractivity contribution in [2.45, 2.75) is 27.3 Å². The highest BCUT2D eigenvalue weighted by molar-refractivity contribution is 5.80. The van der Waals surface area contributed by atoms with E-state index < -0.39 is 0 Å². The van der Waals surface area contributed by atoms with Gasteiger partial charge < -0.3 is 20.7 Å². The van der Waals surface area contributed by atoms with E-state index in [1.165, 1.54) is 0 Å². The maximum absolute atomic E-state index is 11.5. The molecule has 0 atom stereocenters. The standard InChI is InChI=1S/C17H28N4O2/c1-5-23-15-9-7-6-8-14(15)12-21-17(18-4)20-11-10-19-16(22)13(2)3/h6-9,13H,5,10-12H2,1-4H3,(H,19,22)(H2,18,20,21). The third-order valence-corrected chi connectivity index (χ3v) is 3.18. The van der Waals surface area contributed by atoms with Gasteiger partial charge in [-0.2, -0.15) is 0 Å². The molecule has 0 heterocycles. The molecule has 0 spiro atoms. The van der Waals surface area contributed by atoms with Crippen molar-refractivity contribution in [3.63, 3.8) is 0 Å². The summed E-state index contributed by atoms with van der Waals surface area (Å²) in [7, 11) is 1.72. The summed E-state index contributed by atoms with van der Waals surface area (Å²) in [5, 5.41) is 9.27. The highest BCUT2D eigenvalue weighted by Gasteiger charge is 2.06. The Morgan fingerprint density at radius 2 is 1.87 bits per heavy atom. The Balaban J connectivity index is 2.39. The van der Waals surface area contributed by atoms with Gasteiger partial charge in [0.05, 0.1) is 6.61 Å². The van der Waals surface area contributed by atoms with Crippen LogP contribution in [0.3, 0.4) is 0 Å². The second-order valence-corrected chi connectivity index (χ2v) is 5.34. The highest BCUT2D eigenvalue weighted by atomic mass is 16.5. The van der Waals surface area contributed by atoms with Crippen molar-refractivity contribution in [1.29, 1.82) is 0 Å². The van der Waals surface area contributed by atoms with Crippen LogP contribution in [0.4, 0.5) is 0 Å². The number of para-hydroxylation sites is 1. The molecule has 1 aromatic rings. The smallest absolute Gasteiger partial charge is 0.222 e. The molecule has 0 aromatic heterocycles. The van der Waals surface area contributed by atoms with Crippen LogP contribution >= 0.6 is 0 Å². The van der Waals surface area contributed by atoms with Crippen LogP contribution in [0.5, 0.6) is 5.75 Å². The lowest BCUT2D eigenvalue weighted by atomic mass is 10.2. The second kappa shape index (κ2) is 10.5. The average Bonchev–Trinajstić information content (AvgIpc) is 2.55. The van der Waals surface area contributed by atoms with Crippen LogP contribution in [0.1, 0.15) is 26.3 Å². The number of amides is 1. The predicted molar refractivity (Wildman–Crippen MR) is 93.7 cm³/mol. The van der Waals surface area contributed by atoms with Crippen molar-refractivity contribution < 1.29 is 9.53 Å². The number of hydrogen-bond acceptors (Lipinski definition) is 3. The Bertz CT molecular complexity index is 515. The van der Waals surface area contributed by atoms with E-state index in [0.29, 0.717) is 32.2 Å². The summed E-state index contributed by atoms with van der Waals surface area (Å²) >= 11 is 0. The van der Waals surface area contributed by atoms with Gasteiger partial charge in [0.25, 0.3) is 0 Å². The first-order chi connectivity index (χ1) is 11.1. The van der Waals surface area contributed by atoms with Gasteiger partial charge in [0, 0.05) is 38.2 Å². The molecule has 0 saturated heterocycles.